The molecule has 6 heteroatoms. The molecule has 1 amide bonds. The summed E-state index contributed by atoms with van der Waals surface area (Å²) >= 11 is 0. The number of hydrogen-bond donors (Lipinski definition) is 1. The molecule has 0 radical (unpaired) electrons. The second-order valence-corrected chi connectivity index (χ2v) is 5.95. The van der Waals surface area contributed by atoms with E-state index in [-0.39, 0.29) is 24.7 Å². The maximum Gasteiger partial charge on any atom is 0.326 e. The van der Waals surface area contributed by atoms with Crippen molar-refractivity contribution in [3.63, 3.8) is 0 Å². The summed E-state index contributed by atoms with van der Waals surface area (Å²) in [6.07, 6.45) is 1.94. The summed E-state index contributed by atoms with van der Waals surface area (Å²) in [5.41, 5.74) is 0. The van der Waals surface area contributed by atoms with Crippen molar-refractivity contribution in [1.29, 1.82) is 0 Å². The first-order valence-corrected chi connectivity index (χ1v) is 7.88. The van der Waals surface area contributed by atoms with Gasteiger partial charge in [0.1, 0.15) is 6.04 Å². The summed E-state index contributed by atoms with van der Waals surface area (Å²) < 4.78 is 18.7. The lowest BCUT2D eigenvalue weighted by Gasteiger charge is -2.36. The Kier molecular flexibility index (Phi) is 5.96. The van der Waals surface area contributed by atoms with Gasteiger partial charge in [0, 0.05) is 13.0 Å². The van der Waals surface area contributed by atoms with E-state index in [1.54, 1.807) is 12.1 Å². The molecular weight excluding hydrogens is 301 g/mol. The Morgan fingerprint density at radius 2 is 2.13 bits per heavy atom. The molecule has 2 unspecified atom stereocenters. The van der Waals surface area contributed by atoms with E-state index < -0.39 is 17.8 Å². The van der Waals surface area contributed by atoms with Crippen molar-refractivity contribution in [3.05, 3.63) is 30.1 Å². The van der Waals surface area contributed by atoms with E-state index in [1.807, 2.05) is 6.92 Å². The van der Waals surface area contributed by atoms with Crippen molar-refractivity contribution < 1.29 is 23.8 Å². The Hall–Kier alpha value is -2.11. The summed E-state index contributed by atoms with van der Waals surface area (Å²) in [6.45, 7) is 2.69. The molecule has 2 atom stereocenters. The minimum Gasteiger partial charge on any atom is -0.491 e. The largest absolute Gasteiger partial charge is 0.491 e. The monoisotopic (exact) mass is 323 g/mol. The fourth-order valence-corrected chi connectivity index (χ4v) is 2.79. The molecule has 1 aliphatic heterocycles. The predicted octanol–water partition coefficient (Wildman–Crippen LogP) is 2.70. The number of aliphatic carboxylic acids is 1. The molecule has 0 bridgehead atoms. The van der Waals surface area contributed by atoms with Crippen LogP contribution in [-0.4, -0.2) is 41.1 Å². The molecule has 126 valence electrons. The lowest BCUT2D eigenvalue weighted by molar-refractivity contribution is -0.153. The molecule has 0 aliphatic carbocycles. The van der Waals surface area contributed by atoms with Crippen LogP contribution in [0.5, 0.6) is 5.75 Å². The number of hydrogen-bond acceptors (Lipinski definition) is 3. The topological polar surface area (TPSA) is 66.8 Å². The van der Waals surface area contributed by atoms with Gasteiger partial charge in [0.15, 0.2) is 11.6 Å². The number of nitrogens with zero attached hydrogens (tertiary/aromatic N) is 1. The first-order valence-electron chi connectivity index (χ1n) is 7.88. The zero-order valence-electron chi connectivity index (χ0n) is 13.2. The van der Waals surface area contributed by atoms with Crippen LogP contribution in [0, 0.1) is 11.7 Å². The number of carbonyl (C=O) groups is 2. The molecule has 1 fully saturated rings. The minimum atomic E-state index is -0.951. The number of benzene rings is 1. The van der Waals surface area contributed by atoms with E-state index in [0.29, 0.717) is 25.3 Å². The Labute approximate surface area is 135 Å². The molecule has 1 N–H and O–H groups in total. The second kappa shape index (κ2) is 7.94. The maximum absolute atomic E-state index is 13.4. The summed E-state index contributed by atoms with van der Waals surface area (Å²) in [6, 6.07) is 5.36. The van der Waals surface area contributed by atoms with Gasteiger partial charge in [0.25, 0.3) is 0 Å². The highest BCUT2D eigenvalue weighted by Crippen LogP contribution is 2.23. The van der Waals surface area contributed by atoms with E-state index in [0.717, 1.165) is 6.42 Å². The van der Waals surface area contributed by atoms with E-state index in [4.69, 9.17) is 4.74 Å². The molecule has 0 aromatic heterocycles. The van der Waals surface area contributed by atoms with E-state index in [2.05, 4.69) is 0 Å². The van der Waals surface area contributed by atoms with Crippen molar-refractivity contribution in [2.75, 3.05) is 13.2 Å². The number of halogens is 1. The Balaban J connectivity index is 1.80. The smallest absolute Gasteiger partial charge is 0.326 e. The molecular formula is C17H22FNO4. The average molecular weight is 323 g/mol. The molecule has 0 spiro atoms. The highest BCUT2D eigenvalue weighted by atomic mass is 19.1. The zero-order valence-corrected chi connectivity index (χ0v) is 13.2. The van der Waals surface area contributed by atoms with Gasteiger partial charge in [0.05, 0.1) is 6.61 Å². The highest BCUT2D eigenvalue weighted by molar-refractivity contribution is 5.83. The molecule has 1 heterocycles. The minimum absolute atomic E-state index is 0.162. The quantitative estimate of drug-likeness (QED) is 0.817. The molecule has 1 aromatic carbocycles. The number of rotatable bonds is 6. The van der Waals surface area contributed by atoms with E-state index in [1.165, 1.54) is 17.0 Å². The molecule has 0 saturated carbocycles. The van der Waals surface area contributed by atoms with Crippen molar-refractivity contribution in [2.45, 2.75) is 38.6 Å². The normalized spacial score (nSPS) is 21.0. The van der Waals surface area contributed by atoms with Crippen LogP contribution in [0.25, 0.3) is 0 Å². The number of carboxylic acids is 1. The van der Waals surface area contributed by atoms with E-state index in [9.17, 15) is 19.1 Å². The number of carbonyl (C=O) groups excluding carboxylic acids is 1. The SMILES string of the molecule is CC1CCN(C(=O)CCCOc2ccccc2F)C(C(=O)O)C1. The molecule has 1 aliphatic rings. The number of para-hydroxylation sites is 1. The van der Waals surface area contributed by atoms with Gasteiger partial charge in [-0.3, -0.25) is 4.79 Å². The Morgan fingerprint density at radius 3 is 2.83 bits per heavy atom. The Bertz CT molecular complexity index is 563. The van der Waals surface area contributed by atoms with Gasteiger partial charge < -0.3 is 14.7 Å². The van der Waals surface area contributed by atoms with E-state index >= 15 is 0 Å². The molecule has 23 heavy (non-hydrogen) atoms. The third-order valence-electron chi connectivity index (χ3n) is 4.10. The summed E-state index contributed by atoms with van der Waals surface area (Å²) in [5.74, 6) is -1.09. The fraction of sp³-hybridized carbons (Fsp3) is 0.529. The maximum atomic E-state index is 13.4. The summed E-state index contributed by atoms with van der Waals surface area (Å²) in [7, 11) is 0. The fourth-order valence-electron chi connectivity index (χ4n) is 2.79. The average Bonchev–Trinajstić information content (AvgIpc) is 2.52. The number of carboxylic acid groups (broad SMARTS) is 1. The van der Waals surface area contributed by atoms with Crippen LogP contribution in [0.4, 0.5) is 4.39 Å². The number of likely N-dealkylation sites (tertiary alicyclic amines) is 1. The molecule has 1 saturated heterocycles. The van der Waals surface area contributed by atoms with Crippen molar-refractivity contribution in [1.82, 2.24) is 4.90 Å². The predicted molar refractivity (Wildman–Crippen MR) is 82.7 cm³/mol. The van der Waals surface area contributed by atoms with Gasteiger partial charge >= 0.3 is 5.97 Å². The van der Waals surface area contributed by atoms with Crippen LogP contribution in [-0.2, 0) is 9.59 Å². The van der Waals surface area contributed by atoms with Crippen molar-refractivity contribution in [2.24, 2.45) is 5.92 Å². The first kappa shape index (κ1) is 17.2. The second-order valence-electron chi connectivity index (χ2n) is 5.95. The van der Waals surface area contributed by atoms with Gasteiger partial charge in [-0.05, 0) is 37.3 Å². The van der Waals surface area contributed by atoms with Crippen LogP contribution < -0.4 is 4.74 Å². The van der Waals surface area contributed by atoms with Crippen molar-refractivity contribution >= 4 is 11.9 Å². The number of ether oxygens (including phenoxy) is 1. The first-order chi connectivity index (χ1) is 11.0. The zero-order chi connectivity index (χ0) is 16.8. The summed E-state index contributed by atoms with van der Waals surface area (Å²) in [4.78, 5) is 25.0. The number of piperidine rings is 1. The standard InChI is InChI=1S/C17H22FNO4/c1-12-8-9-19(14(11-12)17(21)22)16(20)7-4-10-23-15-6-3-2-5-13(15)18/h2-3,5-6,12,14H,4,7-11H2,1H3,(H,21,22). The molecule has 5 nitrogen and oxygen atoms in total. The van der Waals surface area contributed by atoms with Crippen LogP contribution in [0.15, 0.2) is 24.3 Å². The lowest BCUT2D eigenvalue weighted by Crippen LogP contribution is -2.49. The lowest BCUT2D eigenvalue weighted by atomic mass is 9.92. The van der Waals surface area contributed by atoms with Gasteiger partial charge in [-0.25, -0.2) is 9.18 Å². The third kappa shape index (κ3) is 4.68. The molecule has 2 rings (SSSR count). The number of amides is 1. The molecule has 1 aromatic rings. The van der Waals surface area contributed by atoms with Crippen LogP contribution in [0.3, 0.4) is 0 Å². The van der Waals surface area contributed by atoms with Crippen molar-refractivity contribution in [3.8, 4) is 5.75 Å². The Morgan fingerprint density at radius 1 is 1.39 bits per heavy atom. The van der Waals surface area contributed by atoms with Crippen LogP contribution in [0.1, 0.15) is 32.6 Å². The van der Waals surface area contributed by atoms with Gasteiger partial charge in [-0.2, -0.15) is 0 Å². The van der Waals surface area contributed by atoms with Gasteiger partial charge in [-0.15, -0.1) is 0 Å². The van der Waals surface area contributed by atoms with Gasteiger partial charge in [-0.1, -0.05) is 19.1 Å². The van der Waals surface area contributed by atoms with Crippen LogP contribution in [0.2, 0.25) is 0 Å². The summed E-state index contributed by atoms with van der Waals surface area (Å²) in [5, 5.41) is 9.27. The third-order valence-corrected chi connectivity index (χ3v) is 4.10. The van der Waals surface area contributed by atoms with Crippen LogP contribution >= 0.6 is 0 Å². The highest BCUT2D eigenvalue weighted by Gasteiger charge is 2.34. The van der Waals surface area contributed by atoms with Gasteiger partial charge in [0.2, 0.25) is 5.91 Å².